The van der Waals surface area contributed by atoms with Crippen molar-refractivity contribution in [3.63, 3.8) is 0 Å². The van der Waals surface area contributed by atoms with E-state index in [-0.39, 0.29) is 35.7 Å². The second-order valence-electron chi connectivity index (χ2n) is 9.94. The molecule has 0 aromatic heterocycles. The molecule has 0 unspecified atom stereocenters. The van der Waals surface area contributed by atoms with Crippen LogP contribution in [0.5, 0.6) is 0 Å². The third-order valence-electron chi connectivity index (χ3n) is 6.63. The first-order chi connectivity index (χ1) is 17.3. The van der Waals surface area contributed by atoms with Gasteiger partial charge < -0.3 is 25.6 Å². The fourth-order valence-corrected chi connectivity index (χ4v) is 4.59. The fourth-order valence-electron chi connectivity index (χ4n) is 4.59. The number of aliphatic hydroxyl groups is 1. The zero-order valence-electron chi connectivity index (χ0n) is 22.3. The van der Waals surface area contributed by atoms with Crippen LogP contribution < -0.4 is 11.1 Å². The topological polar surface area (TPSA) is 145 Å². The lowest BCUT2D eigenvalue weighted by Gasteiger charge is -2.29. The van der Waals surface area contributed by atoms with Gasteiger partial charge in [-0.1, -0.05) is 45.1 Å². The Morgan fingerprint density at radius 2 is 1.78 bits per heavy atom. The molecule has 37 heavy (non-hydrogen) atoms. The first-order valence-corrected chi connectivity index (χ1v) is 12.4. The first-order valence-electron chi connectivity index (χ1n) is 12.4. The van der Waals surface area contributed by atoms with Crippen molar-refractivity contribution in [2.45, 2.75) is 65.8 Å². The van der Waals surface area contributed by atoms with Crippen LogP contribution in [0.4, 0.5) is 4.79 Å². The maximum Gasteiger partial charge on any atom is 0.405 e. The summed E-state index contributed by atoms with van der Waals surface area (Å²) in [6, 6.07) is 0. The van der Waals surface area contributed by atoms with Gasteiger partial charge in [0.15, 0.2) is 5.78 Å². The standard InChI is InChI=1S/C28H38N2O7/c1-15-10-20-13-21(31)14-22(25(20)33)30-27(34)17(3)9-7-8-16(2)26(37-28(29)35)19(5)12-18(4)24(32)23(11-15)36-6/h7-9,12-16,18,23-24,26,32H,10-11H2,1-6H3,(H2,29,35)(H,30,34)/b8-7-,17-9+,19-12+/t15-,16+,18+,23+,24-,26-/m1/s1. The number of nitrogens with two attached hydrogens (primary N) is 1. The number of aliphatic hydroxyl groups excluding tert-OH is 1. The number of allylic oxidation sites excluding steroid dienone is 5. The van der Waals surface area contributed by atoms with E-state index in [1.54, 1.807) is 32.1 Å². The maximum atomic E-state index is 13.0. The molecule has 1 aliphatic heterocycles. The van der Waals surface area contributed by atoms with Crippen molar-refractivity contribution in [1.29, 1.82) is 0 Å². The van der Waals surface area contributed by atoms with Gasteiger partial charge in [0.1, 0.15) is 6.10 Å². The van der Waals surface area contributed by atoms with Crippen LogP contribution in [0.3, 0.4) is 0 Å². The Kier molecular flexibility index (Phi) is 10.8. The molecule has 4 N–H and O–H groups in total. The van der Waals surface area contributed by atoms with E-state index in [1.807, 2.05) is 26.8 Å². The van der Waals surface area contributed by atoms with Crippen molar-refractivity contribution in [2.24, 2.45) is 23.5 Å². The van der Waals surface area contributed by atoms with Crippen LogP contribution in [0, 0.1) is 17.8 Å². The number of fused-ring (bicyclic) bond motifs is 2. The molecule has 2 aliphatic rings. The van der Waals surface area contributed by atoms with E-state index in [0.717, 1.165) is 6.08 Å². The van der Waals surface area contributed by atoms with Crippen molar-refractivity contribution in [2.75, 3.05) is 7.11 Å². The van der Waals surface area contributed by atoms with Crippen molar-refractivity contribution in [1.82, 2.24) is 5.32 Å². The van der Waals surface area contributed by atoms with Crippen LogP contribution in [0.25, 0.3) is 0 Å². The van der Waals surface area contributed by atoms with E-state index in [9.17, 15) is 24.3 Å². The molecule has 2 amide bonds. The van der Waals surface area contributed by atoms with Crippen LogP contribution in [0.2, 0.25) is 0 Å². The highest BCUT2D eigenvalue weighted by Gasteiger charge is 2.30. The Labute approximate surface area is 218 Å². The third-order valence-corrected chi connectivity index (χ3v) is 6.63. The van der Waals surface area contributed by atoms with E-state index in [2.05, 4.69) is 5.32 Å². The average molecular weight is 515 g/mol. The summed E-state index contributed by atoms with van der Waals surface area (Å²) in [6.45, 7) is 8.95. The summed E-state index contributed by atoms with van der Waals surface area (Å²) in [5.41, 5.74) is 6.55. The molecule has 0 radical (unpaired) electrons. The predicted octanol–water partition coefficient (Wildman–Crippen LogP) is 3.06. The first kappa shape index (κ1) is 29.9. The van der Waals surface area contributed by atoms with Crippen LogP contribution in [0.15, 0.2) is 58.9 Å². The number of hydrogen-bond acceptors (Lipinski definition) is 7. The van der Waals surface area contributed by atoms with Gasteiger partial charge in [-0.25, -0.2) is 4.79 Å². The van der Waals surface area contributed by atoms with Crippen LogP contribution in [-0.2, 0) is 23.9 Å². The molecule has 1 heterocycles. The Hall–Kier alpha value is -3.30. The summed E-state index contributed by atoms with van der Waals surface area (Å²) < 4.78 is 11.0. The number of carbonyl (C=O) groups excluding carboxylic acids is 4. The van der Waals surface area contributed by atoms with Crippen LogP contribution in [0.1, 0.15) is 47.5 Å². The van der Waals surface area contributed by atoms with Gasteiger partial charge in [-0.15, -0.1) is 0 Å². The Morgan fingerprint density at radius 1 is 1.11 bits per heavy atom. The summed E-state index contributed by atoms with van der Waals surface area (Å²) in [6.07, 6.45) is 6.83. The average Bonchev–Trinajstić information content (AvgIpc) is 2.82. The number of carbonyl (C=O) groups is 4. The van der Waals surface area contributed by atoms with Crippen LogP contribution >= 0.6 is 0 Å². The summed E-state index contributed by atoms with van der Waals surface area (Å²) >= 11 is 0. The lowest BCUT2D eigenvalue weighted by Crippen LogP contribution is -2.36. The number of nitrogens with one attached hydrogen (secondary N) is 1. The van der Waals surface area contributed by atoms with E-state index in [4.69, 9.17) is 15.2 Å². The molecule has 0 spiro atoms. The molecular weight excluding hydrogens is 476 g/mol. The van der Waals surface area contributed by atoms with Crippen LogP contribution in [-0.4, -0.2) is 54.1 Å². The third kappa shape index (κ3) is 8.36. The van der Waals surface area contributed by atoms with Crippen molar-refractivity contribution in [3.05, 3.63) is 58.9 Å². The Morgan fingerprint density at radius 3 is 2.41 bits per heavy atom. The second-order valence-corrected chi connectivity index (χ2v) is 9.94. The number of hydrogen-bond donors (Lipinski definition) is 3. The smallest absolute Gasteiger partial charge is 0.405 e. The molecule has 0 saturated heterocycles. The van der Waals surface area contributed by atoms with E-state index >= 15 is 0 Å². The van der Waals surface area contributed by atoms with Gasteiger partial charge >= 0.3 is 6.09 Å². The molecule has 0 aromatic carbocycles. The molecule has 9 nitrogen and oxygen atoms in total. The highest BCUT2D eigenvalue weighted by Crippen LogP contribution is 2.27. The summed E-state index contributed by atoms with van der Waals surface area (Å²) in [5.74, 6) is -2.10. The molecule has 9 heteroatoms. The van der Waals surface area contributed by atoms with Crippen molar-refractivity contribution < 1.29 is 33.8 Å². The highest BCUT2D eigenvalue weighted by atomic mass is 16.6. The molecule has 0 fully saturated rings. The van der Waals surface area contributed by atoms with E-state index in [1.165, 1.54) is 13.2 Å². The molecule has 0 aromatic rings. The number of ketones is 2. The number of primary amides is 1. The normalized spacial score (nSPS) is 34.2. The fraction of sp³-hybridized carbons (Fsp3) is 0.500. The molecule has 2 rings (SSSR count). The van der Waals surface area contributed by atoms with Gasteiger partial charge in [0.05, 0.1) is 17.9 Å². The number of ether oxygens (including phenoxy) is 2. The monoisotopic (exact) mass is 514 g/mol. The van der Waals surface area contributed by atoms with Gasteiger partial charge in [0, 0.05) is 36.2 Å². The van der Waals surface area contributed by atoms with Crippen molar-refractivity contribution >= 4 is 23.6 Å². The summed E-state index contributed by atoms with van der Waals surface area (Å²) in [7, 11) is 1.51. The minimum Gasteiger partial charge on any atom is -0.441 e. The molecule has 6 atom stereocenters. The SMILES string of the molecule is CO[C@H]1C[C@H](C)CC2=CC(=O)C=C(NC(=O)/C(C)=C/C=C\[C@H](C)[C@@H](OC(N)=O)/C(C)=C/[C@H](C)[C@H]1O)C2=O. The highest BCUT2D eigenvalue weighted by molar-refractivity contribution is 6.21. The molecule has 2 bridgehead atoms. The number of rotatable bonds is 2. The lowest BCUT2D eigenvalue weighted by molar-refractivity contribution is -0.120. The molecule has 1 aliphatic carbocycles. The number of Topliss-reactive ketones (excluding diaryl/α,β-unsaturated/α-hetero) is 1. The minimum atomic E-state index is -0.924. The Bertz CT molecular complexity index is 1070. The zero-order valence-corrected chi connectivity index (χ0v) is 22.3. The second kappa shape index (κ2) is 13.3. The lowest BCUT2D eigenvalue weighted by atomic mass is 9.86. The number of methoxy groups -OCH3 is 1. The molecule has 202 valence electrons. The molecule has 0 saturated carbocycles. The quantitative estimate of drug-likeness (QED) is 0.379. The minimum absolute atomic E-state index is 0.0746. The van der Waals surface area contributed by atoms with Gasteiger partial charge in [-0.2, -0.15) is 0 Å². The largest absolute Gasteiger partial charge is 0.441 e. The predicted molar refractivity (Wildman–Crippen MR) is 139 cm³/mol. The van der Waals surface area contributed by atoms with E-state index in [0.29, 0.717) is 23.1 Å². The molecular formula is C28H38N2O7. The van der Waals surface area contributed by atoms with Gasteiger partial charge in [-0.05, 0) is 44.3 Å². The van der Waals surface area contributed by atoms with Gasteiger partial charge in [0.2, 0.25) is 5.78 Å². The van der Waals surface area contributed by atoms with Gasteiger partial charge in [0.25, 0.3) is 5.91 Å². The summed E-state index contributed by atoms with van der Waals surface area (Å²) in [5, 5.41) is 13.6. The Balaban J connectivity index is 2.50. The van der Waals surface area contributed by atoms with Crippen molar-refractivity contribution in [3.8, 4) is 0 Å². The number of amides is 2. The van der Waals surface area contributed by atoms with Gasteiger partial charge in [-0.3, -0.25) is 14.4 Å². The maximum absolute atomic E-state index is 13.0. The summed E-state index contributed by atoms with van der Waals surface area (Å²) in [4.78, 5) is 49.6. The van der Waals surface area contributed by atoms with E-state index < -0.39 is 36.1 Å². The zero-order chi connectivity index (χ0) is 27.9.